The predicted molar refractivity (Wildman–Crippen MR) is 126 cm³/mol. The van der Waals surface area contributed by atoms with E-state index in [-0.39, 0.29) is 40.3 Å². The molecule has 1 aliphatic heterocycles. The summed E-state index contributed by atoms with van der Waals surface area (Å²) in [7, 11) is 1.94. The maximum atomic E-state index is 12.7. The monoisotopic (exact) mass is 435 g/mol. The number of benzene rings is 1. The van der Waals surface area contributed by atoms with E-state index in [0.717, 1.165) is 24.1 Å². The van der Waals surface area contributed by atoms with Gasteiger partial charge in [-0.1, -0.05) is 13.0 Å². The van der Waals surface area contributed by atoms with Crippen molar-refractivity contribution in [3.05, 3.63) is 61.8 Å². The van der Waals surface area contributed by atoms with Crippen molar-refractivity contribution in [2.45, 2.75) is 39.2 Å². The molecule has 2 heterocycles. The number of carbonyl (C=O) groups excluding carboxylic acids is 1. The number of amides is 1. The molecular weight excluding hydrogens is 409 g/mol. The lowest BCUT2D eigenvalue weighted by Crippen LogP contribution is -2.37. The molecule has 1 atom stereocenters. The zero-order chi connectivity index (χ0) is 23.0. The fraction of sp³-hybridized carbons (Fsp3) is 0.348. The summed E-state index contributed by atoms with van der Waals surface area (Å²) in [5.74, 6) is 0.991. The number of aryl methyl sites for hydroxylation is 1. The first kappa shape index (κ1) is 21.7. The molecule has 32 heavy (non-hydrogen) atoms. The molecule has 3 aromatic rings. The van der Waals surface area contributed by atoms with Crippen molar-refractivity contribution in [2.24, 2.45) is 0 Å². The van der Waals surface area contributed by atoms with Gasteiger partial charge in [0.2, 0.25) is 0 Å². The summed E-state index contributed by atoms with van der Waals surface area (Å²) in [6.07, 6.45) is 2.52. The largest absolute Gasteiger partial charge is 0.505 e. The summed E-state index contributed by atoms with van der Waals surface area (Å²) in [4.78, 5) is 39.0. The third-order valence-corrected chi connectivity index (χ3v) is 6.09. The van der Waals surface area contributed by atoms with Gasteiger partial charge < -0.3 is 25.1 Å². The molecule has 0 bridgehead atoms. The van der Waals surface area contributed by atoms with Gasteiger partial charge in [-0.3, -0.25) is 14.4 Å². The molecule has 166 valence electrons. The molecule has 2 aromatic carbocycles. The van der Waals surface area contributed by atoms with Crippen LogP contribution in [0.1, 0.15) is 54.1 Å². The van der Waals surface area contributed by atoms with Crippen molar-refractivity contribution in [3.8, 4) is 5.75 Å². The lowest BCUT2D eigenvalue weighted by molar-refractivity contribution is 0.0790. The molecule has 0 spiro atoms. The molecule has 1 saturated heterocycles. The van der Waals surface area contributed by atoms with E-state index >= 15 is 0 Å². The van der Waals surface area contributed by atoms with Gasteiger partial charge in [0.05, 0.1) is 23.1 Å². The van der Waals surface area contributed by atoms with Gasteiger partial charge >= 0.3 is 0 Å². The zero-order valence-electron chi connectivity index (χ0n) is 18.4. The first-order chi connectivity index (χ1) is 15.3. The number of aromatic hydroxyl groups is 1. The standard InChI is InChI=1S/C23H26BN3O5/c1-3-15(17-11-14(24)12(2)32-17)25-18-19(22(30)21(18)29)26-16-8-6-7-13(20(16)28)23(31)27-9-4-5-10-27/h6-8,11,15,25-26,28H,3-5,9-10,24H2,1-2H3/t15-/m1/s1. The fourth-order valence-corrected chi connectivity index (χ4v) is 4.01. The number of nitrogens with zero attached hydrogens (tertiary/aromatic N) is 1. The Balaban J connectivity index is 1.59. The van der Waals surface area contributed by atoms with E-state index in [0.29, 0.717) is 25.3 Å². The normalized spacial score (nSPS) is 14.6. The highest BCUT2D eigenvalue weighted by Gasteiger charge is 2.27. The second kappa shape index (κ2) is 8.57. The van der Waals surface area contributed by atoms with Gasteiger partial charge in [0, 0.05) is 13.1 Å². The lowest BCUT2D eigenvalue weighted by Gasteiger charge is -2.21. The minimum Gasteiger partial charge on any atom is -0.505 e. The van der Waals surface area contributed by atoms with Crippen LogP contribution in [0.15, 0.2) is 38.3 Å². The molecule has 0 aliphatic carbocycles. The van der Waals surface area contributed by atoms with Crippen molar-refractivity contribution in [2.75, 3.05) is 23.7 Å². The van der Waals surface area contributed by atoms with E-state index in [1.807, 2.05) is 27.8 Å². The smallest absolute Gasteiger partial charge is 0.257 e. The number of para-hydroxylation sites is 1. The highest BCUT2D eigenvalue weighted by Crippen LogP contribution is 2.34. The molecule has 3 N–H and O–H groups in total. The second-order valence-electron chi connectivity index (χ2n) is 8.23. The van der Waals surface area contributed by atoms with Crippen molar-refractivity contribution in [1.29, 1.82) is 0 Å². The van der Waals surface area contributed by atoms with E-state index in [1.165, 1.54) is 0 Å². The van der Waals surface area contributed by atoms with Crippen LogP contribution in [0, 0.1) is 6.92 Å². The molecular formula is C23H26BN3O5. The van der Waals surface area contributed by atoms with E-state index < -0.39 is 10.9 Å². The van der Waals surface area contributed by atoms with E-state index in [2.05, 4.69) is 10.6 Å². The molecule has 1 aliphatic rings. The van der Waals surface area contributed by atoms with Crippen molar-refractivity contribution in [3.63, 3.8) is 0 Å². The Morgan fingerprint density at radius 1 is 1.22 bits per heavy atom. The Morgan fingerprint density at radius 2 is 1.91 bits per heavy atom. The lowest BCUT2D eigenvalue weighted by atomic mass is 9.96. The van der Waals surface area contributed by atoms with E-state index in [9.17, 15) is 19.5 Å². The van der Waals surface area contributed by atoms with Gasteiger partial charge in [-0.2, -0.15) is 0 Å². The highest BCUT2D eigenvalue weighted by atomic mass is 16.3. The third-order valence-electron chi connectivity index (χ3n) is 6.09. The Hall–Kier alpha value is -3.49. The van der Waals surface area contributed by atoms with Gasteiger partial charge in [-0.05, 0) is 49.8 Å². The van der Waals surface area contributed by atoms with Crippen LogP contribution >= 0.6 is 0 Å². The van der Waals surface area contributed by atoms with Crippen molar-refractivity contribution >= 4 is 36.3 Å². The number of hydrogen-bond donors (Lipinski definition) is 3. The van der Waals surface area contributed by atoms with Gasteiger partial charge in [-0.25, -0.2) is 0 Å². The number of furan rings is 1. The first-order valence-electron chi connectivity index (χ1n) is 10.9. The van der Waals surface area contributed by atoms with Gasteiger partial charge in [0.15, 0.2) is 5.75 Å². The number of nitrogens with one attached hydrogen (secondary N) is 2. The Labute approximate surface area is 186 Å². The second-order valence-corrected chi connectivity index (χ2v) is 8.23. The molecule has 4 rings (SSSR count). The Kier molecular flexibility index (Phi) is 5.82. The Bertz CT molecular complexity index is 1220. The number of likely N-dealkylation sites (tertiary alicyclic amines) is 1. The van der Waals surface area contributed by atoms with Gasteiger partial charge in [0.25, 0.3) is 16.8 Å². The van der Waals surface area contributed by atoms with E-state index in [1.54, 1.807) is 23.1 Å². The van der Waals surface area contributed by atoms with Crippen LogP contribution in [0.3, 0.4) is 0 Å². The molecule has 9 heteroatoms. The highest BCUT2D eigenvalue weighted by molar-refractivity contribution is 6.33. The number of carbonyl (C=O) groups is 1. The van der Waals surface area contributed by atoms with Crippen LogP contribution in [-0.2, 0) is 0 Å². The van der Waals surface area contributed by atoms with Crippen LogP contribution in [0.5, 0.6) is 5.75 Å². The summed E-state index contributed by atoms with van der Waals surface area (Å²) >= 11 is 0. The topological polar surface area (TPSA) is 112 Å². The summed E-state index contributed by atoms with van der Waals surface area (Å²) in [6.45, 7) is 5.14. The number of phenolic OH excluding ortho intramolecular Hbond substituents is 1. The molecule has 1 fully saturated rings. The maximum Gasteiger partial charge on any atom is 0.257 e. The summed E-state index contributed by atoms with van der Waals surface area (Å²) < 4.78 is 5.78. The fourth-order valence-electron chi connectivity index (χ4n) is 4.01. The molecule has 1 amide bonds. The predicted octanol–water partition coefficient (Wildman–Crippen LogP) is 1.69. The average Bonchev–Trinajstić information content (AvgIpc) is 3.44. The zero-order valence-corrected chi connectivity index (χ0v) is 18.4. The maximum absolute atomic E-state index is 12.7. The molecule has 0 radical (unpaired) electrons. The average molecular weight is 435 g/mol. The van der Waals surface area contributed by atoms with Crippen LogP contribution in [0.2, 0.25) is 0 Å². The van der Waals surface area contributed by atoms with Crippen LogP contribution in [0.25, 0.3) is 0 Å². The van der Waals surface area contributed by atoms with Crippen molar-refractivity contribution < 1.29 is 14.3 Å². The minimum absolute atomic E-state index is 0.0644. The first-order valence-corrected chi connectivity index (χ1v) is 10.9. The number of rotatable bonds is 7. The molecule has 1 aromatic heterocycles. The molecule has 8 nitrogen and oxygen atoms in total. The van der Waals surface area contributed by atoms with Gasteiger partial charge in [0.1, 0.15) is 25.0 Å². The summed E-state index contributed by atoms with van der Waals surface area (Å²) in [6, 6.07) is 6.37. The molecule has 0 saturated carbocycles. The Morgan fingerprint density at radius 3 is 2.53 bits per heavy atom. The SMILES string of the molecule is Bc1cc([C@@H](CC)Nc2c(Nc3cccc(C(=O)N4CCCC4)c3O)c(=O)c2=O)oc1C. The summed E-state index contributed by atoms with van der Waals surface area (Å²) in [5, 5.41) is 16.7. The van der Waals surface area contributed by atoms with E-state index in [4.69, 9.17) is 4.42 Å². The van der Waals surface area contributed by atoms with Crippen LogP contribution < -0.4 is 27.0 Å². The molecule has 0 unspecified atom stereocenters. The van der Waals surface area contributed by atoms with Gasteiger partial charge in [-0.15, -0.1) is 0 Å². The third kappa shape index (κ3) is 3.79. The van der Waals surface area contributed by atoms with Crippen LogP contribution in [-0.4, -0.2) is 36.8 Å². The number of hydrogen-bond acceptors (Lipinski definition) is 7. The number of phenols is 1. The quantitative estimate of drug-likeness (QED) is 0.294. The van der Waals surface area contributed by atoms with Crippen LogP contribution in [0.4, 0.5) is 17.1 Å². The summed E-state index contributed by atoms with van der Waals surface area (Å²) in [5.41, 5.74) is 0.271. The number of anilines is 3. The van der Waals surface area contributed by atoms with Crippen molar-refractivity contribution in [1.82, 2.24) is 4.90 Å². The minimum atomic E-state index is -0.676.